The Labute approximate surface area is 112 Å². The zero-order valence-electron chi connectivity index (χ0n) is 11.5. The summed E-state index contributed by atoms with van der Waals surface area (Å²) in [6, 6.07) is 4.57. The highest BCUT2D eigenvalue weighted by Crippen LogP contribution is 2.28. The number of hydrogen-bond donors (Lipinski definition) is 2. The van der Waals surface area contributed by atoms with E-state index in [4.69, 9.17) is 9.84 Å². The molecule has 0 aliphatic carbocycles. The second-order valence-electron chi connectivity index (χ2n) is 4.89. The summed E-state index contributed by atoms with van der Waals surface area (Å²) in [5.74, 6) is 0.457. The Hall–Kier alpha value is -1.82. The van der Waals surface area contributed by atoms with Gasteiger partial charge in [0.15, 0.2) is 0 Å². The van der Waals surface area contributed by atoms with Crippen molar-refractivity contribution in [2.24, 2.45) is 0 Å². The molecule has 6 nitrogen and oxygen atoms in total. The molecule has 0 saturated carbocycles. The van der Waals surface area contributed by atoms with Gasteiger partial charge in [-0.2, -0.15) is 0 Å². The Morgan fingerprint density at radius 3 is 2.63 bits per heavy atom. The van der Waals surface area contributed by atoms with Gasteiger partial charge in [-0.1, -0.05) is 0 Å². The number of aliphatic hydroxyl groups excluding tert-OH is 1. The van der Waals surface area contributed by atoms with Gasteiger partial charge in [0.1, 0.15) is 5.75 Å². The molecule has 0 radical (unpaired) electrons. The van der Waals surface area contributed by atoms with E-state index in [-0.39, 0.29) is 17.8 Å². The number of non-ortho nitro benzene ring substituents is 1. The maximum Gasteiger partial charge on any atom is 0.275 e. The molecule has 0 aliphatic rings. The quantitative estimate of drug-likeness (QED) is 0.586. The van der Waals surface area contributed by atoms with Crippen LogP contribution in [0.1, 0.15) is 27.2 Å². The van der Waals surface area contributed by atoms with Gasteiger partial charge in [-0.05, 0) is 27.2 Å². The summed E-state index contributed by atoms with van der Waals surface area (Å²) in [7, 11) is 0. The molecule has 0 unspecified atom stereocenters. The minimum atomic E-state index is -0.452. The van der Waals surface area contributed by atoms with Gasteiger partial charge in [0, 0.05) is 30.0 Å². The van der Waals surface area contributed by atoms with Gasteiger partial charge >= 0.3 is 0 Å². The van der Waals surface area contributed by atoms with Crippen molar-refractivity contribution < 1.29 is 14.8 Å². The van der Waals surface area contributed by atoms with Crippen LogP contribution in [0.4, 0.5) is 11.4 Å². The van der Waals surface area contributed by atoms with Crippen LogP contribution in [0.15, 0.2) is 18.2 Å². The molecular formula is C13H20N2O4. The second-order valence-corrected chi connectivity index (χ2v) is 4.89. The molecule has 1 aromatic rings. The van der Waals surface area contributed by atoms with Crippen molar-refractivity contribution in [3.8, 4) is 5.75 Å². The third kappa shape index (κ3) is 4.75. The van der Waals surface area contributed by atoms with Crippen LogP contribution in [0.3, 0.4) is 0 Å². The van der Waals surface area contributed by atoms with E-state index in [1.165, 1.54) is 12.1 Å². The number of nitrogens with zero attached hydrogens (tertiary/aromatic N) is 1. The minimum Gasteiger partial charge on any atom is -0.494 e. The van der Waals surface area contributed by atoms with Crippen molar-refractivity contribution in [3.63, 3.8) is 0 Å². The van der Waals surface area contributed by atoms with Crippen molar-refractivity contribution in [1.82, 2.24) is 0 Å². The van der Waals surface area contributed by atoms with Crippen LogP contribution in [0.2, 0.25) is 0 Å². The molecule has 1 aromatic carbocycles. The van der Waals surface area contributed by atoms with Gasteiger partial charge in [0.2, 0.25) is 0 Å². The molecule has 6 heteroatoms. The van der Waals surface area contributed by atoms with Gasteiger partial charge in [-0.25, -0.2) is 0 Å². The van der Waals surface area contributed by atoms with Gasteiger partial charge in [0.05, 0.1) is 17.6 Å². The molecule has 0 aromatic heterocycles. The van der Waals surface area contributed by atoms with Gasteiger partial charge in [-0.15, -0.1) is 0 Å². The summed E-state index contributed by atoms with van der Waals surface area (Å²) in [5.41, 5.74) is 0.234. The first-order chi connectivity index (χ1) is 8.88. The summed E-state index contributed by atoms with van der Waals surface area (Å²) in [6.45, 7) is 6.15. The zero-order valence-corrected chi connectivity index (χ0v) is 11.5. The maximum absolute atomic E-state index is 10.9. The van der Waals surface area contributed by atoms with E-state index in [2.05, 4.69) is 5.32 Å². The van der Waals surface area contributed by atoms with Crippen molar-refractivity contribution in [2.45, 2.75) is 32.7 Å². The van der Waals surface area contributed by atoms with Crippen LogP contribution < -0.4 is 10.1 Å². The van der Waals surface area contributed by atoms with E-state index >= 15 is 0 Å². The van der Waals surface area contributed by atoms with Gasteiger partial charge in [-0.3, -0.25) is 10.1 Å². The predicted molar refractivity (Wildman–Crippen MR) is 73.7 cm³/mol. The predicted octanol–water partition coefficient (Wildman–Crippen LogP) is 2.57. The first kappa shape index (κ1) is 15.2. The molecule has 0 saturated heterocycles. The van der Waals surface area contributed by atoms with Gasteiger partial charge in [0.25, 0.3) is 5.69 Å². The van der Waals surface area contributed by atoms with E-state index in [0.717, 1.165) is 0 Å². The highest BCUT2D eigenvalue weighted by atomic mass is 16.6. The van der Waals surface area contributed by atoms with E-state index in [1.54, 1.807) is 6.07 Å². The second kappa shape index (κ2) is 6.38. The minimum absolute atomic E-state index is 0.0201. The summed E-state index contributed by atoms with van der Waals surface area (Å²) in [5, 5.41) is 23.0. The molecule has 0 spiro atoms. The van der Waals surface area contributed by atoms with Crippen molar-refractivity contribution in [2.75, 3.05) is 18.5 Å². The van der Waals surface area contributed by atoms with Crippen LogP contribution in [-0.4, -0.2) is 28.8 Å². The SMILES string of the molecule is CCOc1cc(NC(C)(C)CCO)cc([N+](=O)[O-])c1. The van der Waals surface area contributed by atoms with Crippen molar-refractivity contribution in [3.05, 3.63) is 28.3 Å². The Kier molecular flexibility index (Phi) is 5.11. The lowest BCUT2D eigenvalue weighted by Crippen LogP contribution is -2.31. The molecular weight excluding hydrogens is 248 g/mol. The first-order valence-electron chi connectivity index (χ1n) is 6.19. The van der Waals surface area contributed by atoms with Crippen LogP contribution in [0.25, 0.3) is 0 Å². The van der Waals surface area contributed by atoms with Crippen molar-refractivity contribution >= 4 is 11.4 Å². The third-order valence-corrected chi connectivity index (χ3v) is 2.63. The van der Waals surface area contributed by atoms with Crippen LogP contribution in [-0.2, 0) is 0 Å². The number of aliphatic hydroxyl groups is 1. The van der Waals surface area contributed by atoms with E-state index < -0.39 is 4.92 Å². The standard InChI is InChI=1S/C13H20N2O4/c1-4-19-12-8-10(7-11(9-12)15(17)18)14-13(2,3)5-6-16/h7-9,14,16H,4-6H2,1-3H3. The molecule has 1 rings (SSSR count). The van der Waals surface area contributed by atoms with E-state index in [1.807, 2.05) is 20.8 Å². The first-order valence-corrected chi connectivity index (χ1v) is 6.19. The lowest BCUT2D eigenvalue weighted by atomic mass is 10.0. The number of rotatable bonds is 7. The number of anilines is 1. The summed E-state index contributed by atoms with van der Waals surface area (Å²) in [4.78, 5) is 10.4. The maximum atomic E-state index is 10.9. The molecule has 0 amide bonds. The number of nitrogens with one attached hydrogen (secondary N) is 1. The number of hydrogen-bond acceptors (Lipinski definition) is 5. The molecule has 0 bridgehead atoms. The molecule has 19 heavy (non-hydrogen) atoms. The largest absolute Gasteiger partial charge is 0.494 e. The zero-order chi connectivity index (χ0) is 14.5. The van der Waals surface area contributed by atoms with E-state index in [9.17, 15) is 10.1 Å². The molecule has 0 heterocycles. The van der Waals surface area contributed by atoms with E-state index in [0.29, 0.717) is 24.5 Å². The molecule has 0 atom stereocenters. The smallest absolute Gasteiger partial charge is 0.275 e. The Bertz CT molecular complexity index is 446. The summed E-state index contributed by atoms with van der Waals surface area (Å²) >= 11 is 0. The number of nitro benzene ring substituents is 1. The summed E-state index contributed by atoms with van der Waals surface area (Å²) < 4.78 is 5.32. The topological polar surface area (TPSA) is 84.6 Å². The lowest BCUT2D eigenvalue weighted by Gasteiger charge is -2.26. The fourth-order valence-electron chi connectivity index (χ4n) is 1.74. The molecule has 0 aliphatic heterocycles. The average Bonchev–Trinajstić information content (AvgIpc) is 2.27. The fourth-order valence-corrected chi connectivity index (χ4v) is 1.74. The Balaban J connectivity index is 3.02. The lowest BCUT2D eigenvalue weighted by molar-refractivity contribution is -0.384. The summed E-state index contributed by atoms with van der Waals surface area (Å²) in [6.07, 6.45) is 0.541. The normalized spacial score (nSPS) is 11.2. The molecule has 106 valence electrons. The number of ether oxygens (including phenoxy) is 1. The van der Waals surface area contributed by atoms with Gasteiger partial charge < -0.3 is 15.2 Å². The van der Waals surface area contributed by atoms with Crippen LogP contribution >= 0.6 is 0 Å². The van der Waals surface area contributed by atoms with Crippen LogP contribution in [0.5, 0.6) is 5.75 Å². The highest BCUT2D eigenvalue weighted by molar-refractivity contribution is 5.57. The Morgan fingerprint density at radius 2 is 2.11 bits per heavy atom. The number of benzene rings is 1. The van der Waals surface area contributed by atoms with Crippen molar-refractivity contribution in [1.29, 1.82) is 0 Å². The highest BCUT2D eigenvalue weighted by Gasteiger charge is 2.19. The average molecular weight is 268 g/mol. The molecule has 2 N–H and O–H groups in total. The third-order valence-electron chi connectivity index (χ3n) is 2.63. The Morgan fingerprint density at radius 1 is 1.42 bits per heavy atom. The number of nitro groups is 1. The molecule has 0 fully saturated rings. The van der Waals surface area contributed by atoms with Crippen LogP contribution in [0, 0.1) is 10.1 Å². The fraction of sp³-hybridized carbons (Fsp3) is 0.538. The monoisotopic (exact) mass is 268 g/mol.